The number of rotatable bonds is 2. The molecule has 82 valence electrons. The second-order valence-corrected chi connectivity index (χ2v) is 3.59. The summed E-state index contributed by atoms with van der Waals surface area (Å²) in [6, 6.07) is 6.67. The van der Waals surface area contributed by atoms with Crippen molar-refractivity contribution in [2.45, 2.75) is 0 Å². The van der Waals surface area contributed by atoms with E-state index in [2.05, 4.69) is 15.5 Å². The zero-order valence-corrected chi connectivity index (χ0v) is 9.27. The van der Waals surface area contributed by atoms with E-state index in [4.69, 9.17) is 11.6 Å². The number of carbonyl (C=O) groups excluding carboxylic acids is 1. The fourth-order valence-electron chi connectivity index (χ4n) is 1.26. The number of hydrogen-bond acceptors (Lipinski definition) is 3. The van der Waals surface area contributed by atoms with Gasteiger partial charge in [0, 0.05) is 13.2 Å². The molecule has 1 N–H and O–H groups in total. The van der Waals surface area contributed by atoms with E-state index in [0.717, 1.165) is 0 Å². The number of nitrogens with one attached hydrogen (secondary N) is 1. The lowest BCUT2D eigenvalue weighted by Gasteiger charge is -2.04. The van der Waals surface area contributed by atoms with Gasteiger partial charge in [-0.1, -0.05) is 11.6 Å². The Kier molecular flexibility index (Phi) is 2.87. The van der Waals surface area contributed by atoms with Crippen molar-refractivity contribution in [1.82, 2.24) is 14.8 Å². The van der Waals surface area contributed by atoms with E-state index < -0.39 is 0 Å². The minimum Gasteiger partial charge on any atom is -0.347 e. The van der Waals surface area contributed by atoms with Crippen LogP contribution in [0.2, 0.25) is 5.15 Å². The number of aromatic nitrogens is 3. The van der Waals surface area contributed by atoms with Gasteiger partial charge in [0.05, 0.1) is 0 Å². The third-order valence-electron chi connectivity index (χ3n) is 2.05. The monoisotopic (exact) mass is 236 g/mol. The summed E-state index contributed by atoms with van der Waals surface area (Å²) in [5.74, 6) is 0.139. The molecule has 5 nitrogen and oxygen atoms in total. The molecule has 0 aliphatic heterocycles. The first kappa shape index (κ1) is 10.6. The van der Waals surface area contributed by atoms with E-state index in [1.54, 1.807) is 42.1 Å². The van der Waals surface area contributed by atoms with Crippen molar-refractivity contribution in [2.75, 3.05) is 5.32 Å². The summed E-state index contributed by atoms with van der Waals surface area (Å²) >= 11 is 5.58. The van der Waals surface area contributed by atoms with Crippen molar-refractivity contribution in [3.63, 3.8) is 0 Å². The van der Waals surface area contributed by atoms with Crippen LogP contribution in [0.25, 0.3) is 0 Å². The number of carbonyl (C=O) groups is 1. The van der Waals surface area contributed by atoms with Crippen LogP contribution in [-0.2, 0) is 7.05 Å². The van der Waals surface area contributed by atoms with E-state index in [-0.39, 0.29) is 11.1 Å². The van der Waals surface area contributed by atoms with Crippen LogP contribution in [0, 0.1) is 0 Å². The molecule has 0 atom stereocenters. The van der Waals surface area contributed by atoms with E-state index in [1.807, 2.05) is 0 Å². The Bertz CT molecular complexity index is 506. The maximum Gasteiger partial charge on any atom is 0.273 e. The van der Waals surface area contributed by atoms with Gasteiger partial charge in [-0.25, -0.2) is 0 Å². The smallest absolute Gasteiger partial charge is 0.273 e. The normalized spacial score (nSPS) is 10.1. The highest BCUT2D eigenvalue weighted by Gasteiger charge is 2.09. The maximum absolute atomic E-state index is 11.7. The average Bonchev–Trinajstić information content (AvgIpc) is 2.68. The standard InChI is InChI=1S/C10H9ClN4O/c1-15-6-2-3-7(15)10(16)12-9-5-4-8(11)13-14-9/h2-6H,1H3,(H,12,14,16). The van der Waals surface area contributed by atoms with Crippen LogP contribution in [0.4, 0.5) is 5.82 Å². The lowest BCUT2D eigenvalue weighted by atomic mass is 10.4. The van der Waals surface area contributed by atoms with Gasteiger partial charge in [0.25, 0.3) is 5.91 Å². The first-order chi connectivity index (χ1) is 7.66. The number of nitrogens with zero attached hydrogens (tertiary/aromatic N) is 3. The van der Waals surface area contributed by atoms with Crippen molar-refractivity contribution in [1.29, 1.82) is 0 Å². The molecular formula is C10H9ClN4O. The molecule has 0 saturated carbocycles. The first-order valence-electron chi connectivity index (χ1n) is 4.59. The van der Waals surface area contributed by atoms with Crippen molar-refractivity contribution < 1.29 is 4.79 Å². The van der Waals surface area contributed by atoms with Gasteiger partial charge >= 0.3 is 0 Å². The van der Waals surface area contributed by atoms with Crippen LogP contribution in [-0.4, -0.2) is 20.7 Å². The lowest BCUT2D eigenvalue weighted by Crippen LogP contribution is -2.16. The Balaban J connectivity index is 2.14. The van der Waals surface area contributed by atoms with Crippen LogP contribution >= 0.6 is 11.6 Å². The Morgan fingerprint density at radius 2 is 2.19 bits per heavy atom. The fraction of sp³-hybridized carbons (Fsp3) is 0.100. The van der Waals surface area contributed by atoms with E-state index in [9.17, 15) is 4.79 Å². The predicted molar refractivity (Wildman–Crippen MR) is 60.4 cm³/mol. The molecule has 0 aromatic carbocycles. The van der Waals surface area contributed by atoms with Crippen LogP contribution < -0.4 is 5.32 Å². The number of halogens is 1. The van der Waals surface area contributed by atoms with Gasteiger partial charge in [-0.3, -0.25) is 4.79 Å². The Morgan fingerprint density at radius 3 is 2.75 bits per heavy atom. The van der Waals surface area contributed by atoms with E-state index in [0.29, 0.717) is 11.5 Å². The van der Waals surface area contributed by atoms with Crippen molar-refractivity contribution in [3.05, 3.63) is 41.3 Å². The van der Waals surface area contributed by atoms with Crippen molar-refractivity contribution >= 4 is 23.3 Å². The highest BCUT2D eigenvalue weighted by atomic mass is 35.5. The zero-order valence-electron chi connectivity index (χ0n) is 8.51. The predicted octanol–water partition coefficient (Wildman–Crippen LogP) is 1.72. The third kappa shape index (κ3) is 2.20. The molecule has 1 amide bonds. The quantitative estimate of drug-likeness (QED) is 0.864. The summed E-state index contributed by atoms with van der Waals surface area (Å²) in [5.41, 5.74) is 0.553. The topological polar surface area (TPSA) is 59.8 Å². The number of anilines is 1. The molecule has 0 spiro atoms. The second-order valence-electron chi connectivity index (χ2n) is 3.20. The molecule has 2 heterocycles. The van der Waals surface area contributed by atoms with Gasteiger partial charge in [-0.2, -0.15) is 0 Å². The molecule has 0 aliphatic carbocycles. The Labute approximate surface area is 97.1 Å². The number of hydrogen-bond donors (Lipinski definition) is 1. The van der Waals surface area contributed by atoms with Crippen LogP contribution in [0.3, 0.4) is 0 Å². The van der Waals surface area contributed by atoms with E-state index in [1.165, 1.54) is 0 Å². The zero-order chi connectivity index (χ0) is 11.5. The summed E-state index contributed by atoms with van der Waals surface area (Å²) in [5, 5.41) is 10.3. The molecule has 2 rings (SSSR count). The number of aryl methyl sites for hydroxylation is 1. The molecule has 16 heavy (non-hydrogen) atoms. The largest absolute Gasteiger partial charge is 0.347 e. The summed E-state index contributed by atoms with van der Waals surface area (Å²) < 4.78 is 1.72. The number of amides is 1. The van der Waals surface area contributed by atoms with Crippen LogP contribution in [0.15, 0.2) is 30.5 Å². The van der Waals surface area contributed by atoms with Gasteiger partial charge in [-0.15, -0.1) is 10.2 Å². The molecule has 0 radical (unpaired) electrons. The second kappa shape index (κ2) is 4.32. The summed E-state index contributed by atoms with van der Waals surface area (Å²) in [4.78, 5) is 11.7. The minimum atomic E-state index is -0.232. The summed E-state index contributed by atoms with van der Waals surface area (Å²) in [7, 11) is 1.79. The molecule has 0 fully saturated rings. The SMILES string of the molecule is Cn1cccc1C(=O)Nc1ccc(Cl)nn1. The molecule has 0 aliphatic rings. The molecule has 2 aromatic rings. The fourth-order valence-corrected chi connectivity index (χ4v) is 1.36. The molecule has 2 aromatic heterocycles. The van der Waals surface area contributed by atoms with Gasteiger partial charge in [0.15, 0.2) is 11.0 Å². The van der Waals surface area contributed by atoms with Gasteiger partial charge < -0.3 is 9.88 Å². The Morgan fingerprint density at radius 1 is 1.38 bits per heavy atom. The molecule has 6 heteroatoms. The molecule has 0 bridgehead atoms. The highest BCUT2D eigenvalue weighted by molar-refractivity contribution is 6.29. The third-order valence-corrected chi connectivity index (χ3v) is 2.25. The maximum atomic E-state index is 11.7. The molecular weight excluding hydrogens is 228 g/mol. The average molecular weight is 237 g/mol. The first-order valence-corrected chi connectivity index (χ1v) is 4.96. The Hall–Kier alpha value is -1.88. The van der Waals surface area contributed by atoms with Crippen molar-refractivity contribution in [3.8, 4) is 0 Å². The van der Waals surface area contributed by atoms with Crippen molar-refractivity contribution in [2.24, 2.45) is 7.05 Å². The molecule has 0 unspecified atom stereocenters. The molecule has 0 saturated heterocycles. The highest BCUT2D eigenvalue weighted by Crippen LogP contribution is 2.08. The van der Waals surface area contributed by atoms with Crippen LogP contribution in [0.5, 0.6) is 0 Å². The van der Waals surface area contributed by atoms with Gasteiger partial charge in [-0.05, 0) is 24.3 Å². The summed E-state index contributed by atoms with van der Waals surface area (Å²) in [6.45, 7) is 0. The minimum absolute atomic E-state index is 0.232. The van der Waals surface area contributed by atoms with E-state index >= 15 is 0 Å². The van der Waals surface area contributed by atoms with Crippen LogP contribution in [0.1, 0.15) is 10.5 Å². The van der Waals surface area contributed by atoms with Gasteiger partial charge in [0.1, 0.15) is 5.69 Å². The van der Waals surface area contributed by atoms with Gasteiger partial charge in [0.2, 0.25) is 0 Å². The summed E-state index contributed by atoms with van der Waals surface area (Å²) in [6.07, 6.45) is 1.79. The lowest BCUT2D eigenvalue weighted by molar-refractivity contribution is 0.101.